The van der Waals surface area contributed by atoms with Crippen molar-refractivity contribution < 1.29 is 58.3 Å². The molecule has 4 fully saturated rings. The summed E-state index contributed by atoms with van der Waals surface area (Å²) in [5.74, 6) is -2.39. The lowest BCUT2D eigenvalue weighted by Gasteiger charge is -2.44. The molecular weight excluding hydrogens is 693 g/mol. The van der Waals surface area contributed by atoms with Crippen molar-refractivity contribution in [3.8, 4) is 5.75 Å². The number of β-lactam (4-membered cyclic amide) rings is 2. The third-order valence-electron chi connectivity index (χ3n) is 7.90. The molecule has 16 nitrogen and oxygen atoms in total. The molecule has 4 saturated heterocycles. The minimum atomic E-state index is -1.29. The summed E-state index contributed by atoms with van der Waals surface area (Å²) >= 11 is 1.27. The number of aliphatic hydroxyl groups is 1. The number of phenolic OH excluding ortho intramolecular Hbond substituents is 1. The van der Waals surface area contributed by atoms with Gasteiger partial charge in [-0.1, -0.05) is 33.7 Å². The lowest BCUT2D eigenvalue weighted by atomic mass is 9.95. The Hall–Kier alpha value is -3.81. The molecule has 0 saturated carbocycles. The van der Waals surface area contributed by atoms with Gasteiger partial charge in [-0.2, -0.15) is 0 Å². The zero-order chi connectivity index (χ0) is 34.7. The fourth-order valence-corrected chi connectivity index (χ4v) is 8.98. The highest BCUT2D eigenvalue weighted by Crippen LogP contribution is 2.50. The largest absolute Gasteiger partial charge is 0.508 e. The lowest BCUT2D eigenvalue weighted by Crippen LogP contribution is -2.71. The predicted molar refractivity (Wildman–Crippen MR) is 172 cm³/mol. The number of phenols is 1. The minimum absolute atomic E-state index is 0.0269. The number of hydrogen-bond acceptors (Lipinski definition) is 14. The fraction of sp³-hybridized carbons (Fsp3) is 0.517. The molecule has 5 rings (SSSR count). The molecule has 4 heterocycles. The van der Waals surface area contributed by atoms with Gasteiger partial charge in [-0.05, 0) is 37.6 Å². The summed E-state index contributed by atoms with van der Waals surface area (Å²) in [7, 11) is 2.70. The van der Waals surface area contributed by atoms with E-state index in [1.807, 2.05) is 0 Å². The highest BCUT2D eigenvalue weighted by molar-refractivity contribution is 8.76. The van der Waals surface area contributed by atoms with E-state index in [4.69, 9.17) is 14.2 Å². The summed E-state index contributed by atoms with van der Waals surface area (Å²) in [5.41, 5.74) is 0.310. The van der Waals surface area contributed by atoms with Crippen LogP contribution in [0, 0.1) is 0 Å². The third-order valence-corrected chi connectivity index (χ3v) is 11.8. The van der Waals surface area contributed by atoms with Gasteiger partial charge in [0.05, 0.1) is 13.0 Å². The van der Waals surface area contributed by atoms with Crippen molar-refractivity contribution in [3.05, 3.63) is 41.7 Å². The van der Waals surface area contributed by atoms with Gasteiger partial charge in [0.2, 0.25) is 17.7 Å². The lowest BCUT2D eigenvalue weighted by molar-refractivity contribution is -0.165. The number of alkyl carbamates (subject to hydrolysis) is 1. The Morgan fingerprint density at radius 3 is 2.40 bits per heavy atom. The van der Waals surface area contributed by atoms with Crippen LogP contribution in [0.5, 0.6) is 5.75 Å². The topological polar surface area (TPSA) is 221 Å². The molecule has 1 aromatic rings. The maximum Gasteiger partial charge on any atom is 0.408 e. The van der Waals surface area contributed by atoms with E-state index >= 15 is 0 Å². The van der Waals surface area contributed by atoms with Crippen molar-refractivity contribution in [3.63, 3.8) is 0 Å². The van der Waals surface area contributed by atoms with Crippen LogP contribution in [0.25, 0.3) is 0 Å². The molecule has 1 aromatic carbocycles. The number of rotatable bonds is 14. The van der Waals surface area contributed by atoms with E-state index in [9.17, 15) is 44.1 Å². The second kappa shape index (κ2) is 14.8. The summed E-state index contributed by atoms with van der Waals surface area (Å²) in [6, 6.07) is 1.21. The number of carbonyl (C=O) groups is 6. The Balaban J connectivity index is 1.05. The van der Waals surface area contributed by atoms with Crippen LogP contribution >= 0.6 is 33.3 Å². The number of aromatic hydroxyl groups is 1. The van der Waals surface area contributed by atoms with Crippen LogP contribution in [-0.4, -0.2) is 127 Å². The number of esters is 1. The quantitative estimate of drug-likeness (QED) is 0.0765. The first kappa shape index (κ1) is 35.5. The maximum absolute atomic E-state index is 13.4. The van der Waals surface area contributed by atoms with Crippen LogP contribution < -0.4 is 10.6 Å². The number of carbonyl (C=O) groups excluding carboxylic acids is 5. The second-order valence-corrected chi connectivity index (χ2v) is 15.9. The number of carboxylic acid groups (broad SMARTS) is 1. The van der Waals surface area contributed by atoms with E-state index < -0.39 is 70.4 Å². The number of fused-ring (bicyclic) bond motifs is 2. The summed E-state index contributed by atoms with van der Waals surface area (Å²) in [6.45, 7) is 3.11. The number of nitrogens with one attached hydrogen (secondary N) is 2. The van der Waals surface area contributed by atoms with Crippen molar-refractivity contribution in [2.24, 2.45) is 0 Å². The number of aliphatic hydroxyl groups excluding tert-OH is 1. The van der Waals surface area contributed by atoms with Gasteiger partial charge < -0.3 is 45.1 Å². The number of thioether (sulfide) groups is 1. The predicted octanol–water partition coefficient (Wildman–Crippen LogP) is 0.549. The normalized spacial score (nSPS) is 26.4. The van der Waals surface area contributed by atoms with Gasteiger partial charge in [0, 0.05) is 16.3 Å². The van der Waals surface area contributed by atoms with Crippen molar-refractivity contribution in [2.45, 2.75) is 60.8 Å². The molecule has 0 spiro atoms. The van der Waals surface area contributed by atoms with Gasteiger partial charge in [-0.15, -0.1) is 11.8 Å². The zero-order valence-corrected chi connectivity index (χ0v) is 28.2. The number of amides is 4. The molecular formula is C29H34N4O12S3. The number of aliphatic carboxylic acids is 1. The van der Waals surface area contributed by atoms with Gasteiger partial charge in [0.1, 0.15) is 48.2 Å². The Bertz CT molecular complexity index is 1490. The van der Waals surface area contributed by atoms with Crippen molar-refractivity contribution in [1.29, 1.82) is 0 Å². The highest BCUT2D eigenvalue weighted by atomic mass is 33.1. The average Bonchev–Trinajstić information content (AvgIpc) is 3.47. The molecule has 48 heavy (non-hydrogen) atoms. The molecule has 5 N–H and O–H groups in total. The molecule has 4 aliphatic rings. The van der Waals surface area contributed by atoms with E-state index in [0.717, 1.165) is 0 Å². The number of hydrogen-bond donors (Lipinski definition) is 5. The van der Waals surface area contributed by atoms with Crippen molar-refractivity contribution >= 4 is 69.1 Å². The molecule has 4 aliphatic heterocycles. The van der Waals surface area contributed by atoms with Crippen LogP contribution in [0.3, 0.4) is 0 Å². The van der Waals surface area contributed by atoms with Gasteiger partial charge in [0.15, 0.2) is 12.3 Å². The first-order chi connectivity index (χ1) is 22.8. The maximum atomic E-state index is 13.4. The summed E-state index contributed by atoms with van der Waals surface area (Å²) in [5, 5.41) is 33.0. The van der Waals surface area contributed by atoms with Crippen LogP contribution in [-0.2, 0) is 38.2 Å². The summed E-state index contributed by atoms with van der Waals surface area (Å²) in [4.78, 5) is 77.7. The smallest absolute Gasteiger partial charge is 0.408 e. The molecule has 0 bridgehead atoms. The van der Waals surface area contributed by atoms with E-state index in [0.29, 0.717) is 17.1 Å². The Labute approximate surface area is 286 Å². The van der Waals surface area contributed by atoms with E-state index in [-0.39, 0.29) is 43.7 Å². The molecule has 6 atom stereocenters. The van der Waals surface area contributed by atoms with Crippen LogP contribution in [0.4, 0.5) is 4.79 Å². The average molecular weight is 727 g/mol. The van der Waals surface area contributed by atoms with Crippen LogP contribution in [0.15, 0.2) is 36.1 Å². The summed E-state index contributed by atoms with van der Waals surface area (Å²) in [6.07, 6.45) is 0.0635. The van der Waals surface area contributed by atoms with E-state index in [2.05, 4.69) is 10.6 Å². The molecule has 0 radical (unpaired) electrons. The highest BCUT2D eigenvalue weighted by Gasteiger charge is 2.64. The van der Waals surface area contributed by atoms with Gasteiger partial charge >= 0.3 is 18.0 Å². The van der Waals surface area contributed by atoms with E-state index in [1.165, 1.54) is 73.5 Å². The van der Waals surface area contributed by atoms with Crippen molar-refractivity contribution in [2.75, 3.05) is 31.3 Å². The first-order valence-electron chi connectivity index (χ1n) is 14.8. The molecule has 19 heteroatoms. The first-order valence-corrected chi connectivity index (χ1v) is 18.2. The Morgan fingerprint density at radius 2 is 1.77 bits per heavy atom. The zero-order valence-electron chi connectivity index (χ0n) is 25.7. The van der Waals surface area contributed by atoms with Gasteiger partial charge in [-0.25, -0.2) is 14.4 Å². The van der Waals surface area contributed by atoms with Crippen molar-refractivity contribution in [1.82, 2.24) is 20.4 Å². The Morgan fingerprint density at radius 1 is 1.10 bits per heavy atom. The standard InChI is InChI=1S/C29H34N4O12S3/c1-29(2)22(26(39)40)33-24(38)20(25(33)48-29)30-23(37)19(14-3-5-15(35)6-4-14)31-28(42)44-10-12-47-46-11-9-43-27(41)21-16(7-8-34)45-18-13-17(36)32(18)21/h3-7,18-22,25,34-35H,8-13H2,1-2H3,(H,30,37)(H,31,42)(H,39,40)/t18-,19?,20-,21-,22?,25-/m1/s1. The number of ether oxygens (including phenoxy) is 3. The van der Waals surface area contributed by atoms with Gasteiger partial charge in [0.25, 0.3) is 0 Å². The third kappa shape index (κ3) is 7.28. The second-order valence-electron chi connectivity index (χ2n) is 11.5. The fourth-order valence-electron chi connectivity index (χ4n) is 5.70. The number of carboxylic acids is 1. The molecule has 260 valence electrons. The summed E-state index contributed by atoms with van der Waals surface area (Å²) < 4.78 is 15.3. The number of benzene rings is 1. The van der Waals surface area contributed by atoms with Crippen LogP contribution in [0.2, 0.25) is 0 Å². The Kier molecular flexibility index (Phi) is 10.9. The number of nitrogens with zero attached hydrogens (tertiary/aromatic N) is 2. The van der Waals surface area contributed by atoms with Crippen LogP contribution in [0.1, 0.15) is 31.9 Å². The van der Waals surface area contributed by atoms with E-state index in [1.54, 1.807) is 13.8 Å². The molecule has 4 amide bonds. The molecule has 0 aliphatic carbocycles. The van der Waals surface area contributed by atoms with Gasteiger partial charge in [-0.3, -0.25) is 19.3 Å². The monoisotopic (exact) mass is 726 g/mol. The minimum Gasteiger partial charge on any atom is -0.508 e. The molecule has 2 unspecified atom stereocenters. The molecule has 0 aromatic heterocycles. The SMILES string of the molecule is CC1(C)S[C@@H]2[C@H](NC(=O)C(NC(=O)OCCSSCCOC(=O)[C@H]3C(=CCO)O[C@@H]4CC(=O)N34)c3ccc(O)cc3)C(=O)N2C1C(=O)O.